The Kier molecular flexibility index (Phi) is 5.77. The van der Waals surface area contributed by atoms with E-state index in [1.165, 1.54) is 78.4 Å². The lowest BCUT2D eigenvalue weighted by atomic mass is 9.89. The van der Waals surface area contributed by atoms with Gasteiger partial charge in [-0.2, -0.15) is 0 Å². The second-order valence-corrected chi connectivity index (χ2v) is 12.1. The first-order valence-electron chi connectivity index (χ1n) is 15.6. The van der Waals surface area contributed by atoms with Crippen molar-refractivity contribution in [1.82, 2.24) is 4.98 Å². The Balaban J connectivity index is 1.31. The van der Waals surface area contributed by atoms with Crippen molar-refractivity contribution in [3.63, 3.8) is 0 Å². The zero-order valence-electron chi connectivity index (χ0n) is 24.5. The maximum Gasteiger partial charge on any atom is 0.0471 e. The van der Waals surface area contributed by atoms with Crippen LogP contribution in [0.3, 0.4) is 0 Å². The second kappa shape index (κ2) is 10.1. The summed E-state index contributed by atoms with van der Waals surface area (Å²) in [6.07, 6.45) is 8.12. The van der Waals surface area contributed by atoms with Gasteiger partial charge in [-0.1, -0.05) is 121 Å². The number of rotatable bonds is 4. The van der Waals surface area contributed by atoms with E-state index in [2.05, 4.69) is 151 Å². The SMILES string of the molecule is C1=CC2=C(CC1)Cc1ccc(-c3cc4c(cc3-c3ccccc3)[nH]c3cc(-c5ccccc5)c(-c5ccccc5)cc34)cc12. The molecule has 1 N–H and O–H groups in total. The summed E-state index contributed by atoms with van der Waals surface area (Å²) in [4.78, 5) is 3.82. The van der Waals surface area contributed by atoms with Crippen LogP contribution in [0.2, 0.25) is 0 Å². The van der Waals surface area contributed by atoms with E-state index in [-0.39, 0.29) is 0 Å². The van der Waals surface area contributed by atoms with Gasteiger partial charge in [-0.25, -0.2) is 0 Å². The summed E-state index contributed by atoms with van der Waals surface area (Å²) < 4.78 is 0. The highest BCUT2D eigenvalue weighted by atomic mass is 14.7. The lowest BCUT2D eigenvalue weighted by Gasteiger charge is -2.14. The first-order valence-corrected chi connectivity index (χ1v) is 15.6. The van der Waals surface area contributed by atoms with Gasteiger partial charge in [0, 0.05) is 21.8 Å². The fourth-order valence-corrected chi connectivity index (χ4v) is 7.36. The number of benzene rings is 6. The number of H-pyrrole nitrogens is 1. The summed E-state index contributed by atoms with van der Waals surface area (Å²) in [6, 6.07) is 49.0. The predicted molar refractivity (Wildman–Crippen MR) is 187 cm³/mol. The van der Waals surface area contributed by atoms with E-state index in [9.17, 15) is 0 Å². The average molecular weight is 562 g/mol. The molecule has 0 radical (unpaired) electrons. The Morgan fingerprint density at radius 1 is 0.455 bits per heavy atom. The molecular formula is C43H31N. The Morgan fingerprint density at radius 3 is 1.55 bits per heavy atom. The summed E-state index contributed by atoms with van der Waals surface area (Å²) in [5.41, 5.74) is 18.2. The lowest BCUT2D eigenvalue weighted by Crippen LogP contribution is -1.90. The molecule has 7 aromatic rings. The molecule has 2 aliphatic rings. The zero-order valence-corrected chi connectivity index (χ0v) is 24.5. The van der Waals surface area contributed by atoms with Gasteiger partial charge < -0.3 is 4.98 Å². The Morgan fingerprint density at radius 2 is 0.977 bits per heavy atom. The molecule has 1 heteroatoms. The van der Waals surface area contributed by atoms with Gasteiger partial charge in [0.15, 0.2) is 0 Å². The number of aromatic amines is 1. The first-order chi connectivity index (χ1) is 21.8. The van der Waals surface area contributed by atoms with E-state index in [0.717, 1.165) is 23.9 Å². The van der Waals surface area contributed by atoms with E-state index in [0.29, 0.717) is 0 Å². The normalized spacial score (nSPS) is 13.9. The Bertz CT molecular complexity index is 2270. The number of hydrogen-bond donors (Lipinski definition) is 1. The van der Waals surface area contributed by atoms with Crippen molar-refractivity contribution in [2.75, 3.05) is 0 Å². The molecule has 0 bridgehead atoms. The van der Waals surface area contributed by atoms with E-state index in [4.69, 9.17) is 0 Å². The van der Waals surface area contributed by atoms with Crippen molar-refractivity contribution in [2.24, 2.45) is 0 Å². The van der Waals surface area contributed by atoms with Gasteiger partial charge in [-0.15, -0.1) is 0 Å². The van der Waals surface area contributed by atoms with Gasteiger partial charge in [0.2, 0.25) is 0 Å². The first kappa shape index (κ1) is 25.1. The Hall–Kier alpha value is -5.40. The van der Waals surface area contributed by atoms with Crippen molar-refractivity contribution in [3.05, 3.63) is 162 Å². The molecule has 1 aromatic heterocycles. The summed E-state index contributed by atoms with van der Waals surface area (Å²) in [7, 11) is 0. The molecule has 44 heavy (non-hydrogen) atoms. The largest absolute Gasteiger partial charge is 0.354 e. The average Bonchev–Trinajstić information content (AvgIpc) is 3.65. The van der Waals surface area contributed by atoms with Crippen molar-refractivity contribution < 1.29 is 0 Å². The van der Waals surface area contributed by atoms with Crippen LogP contribution in [0.1, 0.15) is 24.0 Å². The molecule has 6 aromatic carbocycles. The monoisotopic (exact) mass is 561 g/mol. The molecule has 0 spiro atoms. The highest BCUT2D eigenvalue weighted by Gasteiger charge is 2.23. The van der Waals surface area contributed by atoms with Crippen LogP contribution in [0.5, 0.6) is 0 Å². The van der Waals surface area contributed by atoms with Crippen molar-refractivity contribution in [1.29, 1.82) is 0 Å². The van der Waals surface area contributed by atoms with Crippen LogP contribution in [0.25, 0.3) is 71.9 Å². The quantitative estimate of drug-likeness (QED) is 0.220. The van der Waals surface area contributed by atoms with Gasteiger partial charge in [-0.3, -0.25) is 0 Å². The number of aromatic nitrogens is 1. The summed E-state index contributed by atoms with van der Waals surface area (Å²) in [5, 5.41) is 2.50. The summed E-state index contributed by atoms with van der Waals surface area (Å²) >= 11 is 0. The topological polar surface area (TPSA) is 15.8 Å². The minimum atomic E-state index is 1.09. The number of nitrogens with one attached hydrogen (secondary N) is 1. The van der Waals surface area contributed by atoms with Gasteiger partial charge in [-0.05, 0) is 111 Å². The van der Waals surface area contributed by atoms with Gasteiger partial charge >= 0.3 is 0 Å². The standard InChI is InChI=1S/C43H31N/c1-4-12-28(13-5-1)36-24-40-41-25-37(33-21-20-32-22-31-18-10-11-19-34(31)35(32)23-33)39(30-16-8-3-9-17-30)27-43(41)44-42(40)26-38(36)29-14-6-2-7-15-29/h1-9,11-17,19-21,23-27,44H,10,18,22H2. The van der Waals surface area contributed by atoms with Crippen molar-refractivity contribution in [3.8, 4) is 44.5 Å². The van der Waals surface area contributed by atoms with Crippen molar-refractivity contribution >= 4 is 27.4 Å². The van der Waals surface area contributed by atoms with Crippen molar-refractivity contribution in [2.45, 2.75) is 19.3 Å². The molecular weight excluding hydrogens is 530 g/mol. The molecule has 0 saturated carbocycles. The fourth-order valence-electron chi connectivity index (χ4n) is 7.36. The molecule has 0 fully saturated rings. The number of fused-ring (bicyclic) bond motifs is 5. The Labute approximate surface area is 257 Å². The maximum atomic E-state index is 3.82. The van der Waals surface area contributed by atoms with E-state index < -0.39 is 0 Å². The summed E-state index contributed by atoms with van der Waals surface area (Å²) in [5.74, 6) is 0. The number of allylic oxidation sites excluding steroid dienone is 4. The molecule has 0 unspecified atom stereocenters. The molecule has 0 amide bonds. The molecule has 0 saturated heterocycles. The number of hydrogen-bond acceptors (Lipinski definition) is 0. The molecule has 2 aliphatic carbocycles. The smallest absolute Gasteiger partial charge is 0.0471 e. The van der Waals surface area contributed by atoms with Crippen LogP contribution in [-0.4, -0.2) is 4.98 Å². The summed E-state index contributed by atoms with van der Waals surface area (Å²) in [6.45, 7) is 0. The van der Waals surface area contributed by atoms with E-state index >= 15 is 0 Å². The van der Waals surface area contributed by atoms with E-state index in [1.54, 1.807) is 5.57 Å². The predicted octanol–water partition coefficient (Wildman–Crippen LogP) is 11.6. The molecule has 0 atom stereocenters. The minimum Gasteiger partial charge on any atom is -0.354 e. The second-order valence-electron chi connectivity index (χ2n) is 12.1. The molecule has 208 valence electrons. The highest BCUT2D eigenvalue weighted by molar-refractivity contribution is 6.13. The third-order valence-electron chi connectivity index (χ3n) is 9.52. The highest BCUT2D eigenvalue weighted by Crippen LogP contribution is 2.44. The van der Waals surface area contributed by atoms with Crippen LogP contribution in [0.15, 0.2) is 151 Å². The zero-order chi connectivity index (χ0) is 29.0. The van der Waals surface area contributed by atoms with Crippen LogP contribution in [-0.2, 0) is 6.42 Å². The maximum absolute atomic E-state index is 3.82. The van der Waals surface area contributed by atoms with Crippen LogP contribution in [0.4, 0.5) is 0 Å². The molecule has 9 rings (SSSR count). The fraction of sp³-hybridized carbons (Fsp3) is 0.0698. The van der Waals surface area contributed by atoms with Crippen LogP contribution < -0.4 is 0 Å². The third-order valence-corrected chi connectivity index (χ3v) is 9.52. The van der Waals surface area contributed by atoms with Gasteiger partial charge in [0.1, 0.15) is 0 Å². The van der Waals surface area contributed by atoms with E-state index in [1.807, 2.05) is 0 Å². The molecule has 1 heterocycles. The van der Waals surface area contributed by atoms with Gasteiger partial charge in [0.25, 0.3) is 0 Å². The van der Waals surface area contributed by atoms with Crippen LogP contribution >= 0.6 is 0 Å². The molecule has 0 aliphatic heterocycles. The van der Waals surface area contributed by atoms with Crippen LogP contribution in [0, 0.1) is 0 Å². The molecule has 1 nitrogen and oxygen atoms in total. The minimum absolute atomic E-state index is 1.09. The lowest BCUT2D eigenvalue weighted by molar-refractivity contribution is 0.935. The van der Waals surface area contributed by atoms with Gasteiger partial charge in [0.05, 0.1) is 0 Å². The third kappa shape index (κ3) is 4.08.